The third kappa shape index (κ3) is 2.97. The van der Waals surface area contributed by atoms with E-state index in [0.29, 0.717) is 15.6 Å². The monoisotopic (exact) mass is 395 g/mol. The summed E-state index contributed by atoms with van der Waals surface area (Å²) in [5.41, 5.74) is 0.713. The maximum absolute atomic E-state index is 12.4. The van der Waals surface area contributed by atoms with Crippen LogP contribution in [-0.2, 0) is 0 Å². The Hall–Kier alpha value is -1.56. The highest BCUT2D eigenvalue weighted by molar-refractivity contribution is 9.10. The molecule has 0 bridgehead atoms. The highest BCUT2D eigenvalue weighted by Gasteiger charge is 2.17. The second kappa shape index (κ2) is 6.28. The van der Waals surface area contributed by atoms with Crippen molar-refractivity contribution in [2.45, 2.75) is 0 Å². The Bertz CT molecular complexity index is 862. The minimum atomic E-state index is -0.219. The number of fused-ring (bicyclic) bond motifs is 1. The summed E-state index contributed by atoms with van der Waals surface area (Å²) in [4.78, 5) is 12.9. The summed E-state index contributed by atoms with van der Waals surface area (Å²) < 4.78 is 7.02. The third-order valence-electron chi connectivity index (χ3n) is 3.13. The number of amides is 1. The summed E-state index contributed by atoms with van der Waals surface area (Å²) in [6.45, 7) is 0. The van der Waals surface area contributed by atoms with Crippen LogP contribution in [0.5, 0.6) is 5.75 Å². The van der Waals surface area contributed by atoms with E-state index >= 15 is 0 Å². The maximum Gasteiger partial charge on any atom is 0.267 e. The molecule has 0 atom stereocenters. The molecule has 0 aliphatic rings. The first-order chi connectivity index (χ1) is 10.6. The third-order valence-corrected chi connectivity index (χ3v) is 5.27. The SMILES string of the molecule is COc1ccc2c(Cl)c(C(=O)Nc3cccc(Br)c3)sc2c1. The number of benzene rings is 2. The molecule has 112 valence electrons. The quantitative estimate of drug-likeness (QED) is 0.628. The molecule has 22 heavy (non-hydrogen) atoms. The molecule has 1 amide bonds. The number of hydrogen-bond donors (Lipinski definition) is 1. The van der Waals surface area contributed by atoms with Gasteiger partial charge in [-0.2, -0.15) is 0 Å². The molecule has 3 aromatic rings. The van der Waals surface area contributed by atoms with Crippen LogP contribution >= 0.6 is 38.9 Å². The Morgan fingerprint density at radius 1 is 1.27 bits per heavy atom. The maximum atomic E-state index is 12.4. The largest absolute Gasteiger partial charge is 0.497 e. The van der Waals surface area contributed by atoms with Crippen molar-refractivity contribution >= 4 is 60.5 Å². The lowest BCUT2D eigenvalue weighted by molar-refractivity contribution is 0.103. The van der Waals surface area contributed by atoms with Gasteiger partial charge in [-0.1, -0.05) is 33.6 Å². The number of hydrogen-bond acceptors (Lipinski definition) is 3. The molecule has 0 saturated carbocycles. The smallest absolute Gasteiger partial charge is 0.267 e. The Kier molecular flexibility index (Phi) is 4.38. The first kappa shape index (κ1) is 15.3. The molecule has 0 fully saturated rings. The minimum absolute atomic E-state index is 0.219. The van der Waals surface area contributed by atoms with Crippen molar-refractivity contribution in [2.75, 3.05) is 12.4 Å². The summed E-state index contributed by atoms with van der Waals surface area (Å²) >= 11 is 11.1. The molecule has 0 aliphatic carbocycles. The average molecular weight is 397 g/mol. The number of methoxy groups -OCH3 is 1. The van der Waals surface area contributed by atoms with Crippen LogP contribution in [0.25, 0.3) is 10.1 Å². The molecule has 3 rings (SSSR count). The van der Waals surface area contributed by atoms with Crippen LogP contribution in [0.3, 0.4) is 0 Å². The molecule has 1 N–H and O–H groups in total. The number of carbonyl (C=O) groups is 1. The number of anilines is 1. The first-order valence-electron chi connectivity index (χ1n) is 6.41. The van der Waals surface area contributed by atoms with Crippen LogP contribution in [0.2, 0.25) is 5.02 Å². The highest BCUT2D eigenvalue weighted by atomic mass is 79.9. The van der Waals surface area contributed by atoms with Gasteiger partial charge in [0, 0.05) is 20.2 Å². The summed E-state index contributed by atoms with van der Waals surface area (Å²) in [5.74, 6) is 0.521. The number of halogens is 2. The average Bonchev–Trinajstić information content (AvgIpc) is 2.84. The van der Waals surface area contributed by atoms with Crippen LogP contribution in [0, 0.1) is 0 Å². The van der Waals surface area contributed by atoms with Gasteiger partial charge in [0.2, 0.25) is 0 Å². The Labute approximate surface area is 145 Å². The molecular weight excluding hydrogens is 386 g/mol. The van der Waals surface area contributed by atoms with Gasteiger partial charge in [0.05, 0.1) is 12.1 Å². The summed E-state index contributed by atoms with van der Waals surface area (Å²) in [7, 11) is 1.61. The van der Waals surface area contributed by atoms with Crippen molar-refractivity contribution in [3.8, 4) is 5.75 Å². The standard InChI is InChI=1S/C16H11BrClNO2S/c1-21-11-5-6-12-13(8-11)22-15(14(12)18)16(20)19-10-4-2-3-9(17)7-10/h2-8H,1H3,(H,19,20). The Morgan fingerprint density at radius 3 is 2.82 bits per heavy atom. The van der Waals surface area contributed by atoms with E-state index in [2.05, 4.69) is 21.2 Å². The predicted molar refractivity (Wildman–Crippen MR) is 95.5 cm³/mol. The Balaban J connectivity index is 1.95. The first-order valence-corrected chi connectivity index (χ1v) is 8.40. The van der Waals surface area contributed by atoms with E-state index in [4.69, 9.17) is 16.3 Å². The lowest BCUT2D eigenvalue weighted by atomic mass is 10.2. The zero-order valence-electron chi connectivity index (χ0n) is 11.5. The van der Waals surface area contributed by atoms with E-state index in [-0.39, 0.29) is 5.91 Å². The molecule has 3 nitrogen and oxygen atoms in total. The van der Waals surface area contributed by atoms with Crippen molar-refractivity contribution in [1.29, 1.82) is 0 Å². The fourth-order valence-electron chi connectivity index (χ4n) is 2.07. The minimum Gasteiger partial charge on any atom is -0.497 e. The zero-order valence-corrected chi connectivity index (χ0v) is 14.7. The molecule has 1 heterocycles. The second-order valence-electron chi connectivity index (χ2n) is 4.57. The Morgan fingerprint density at radius 2 is 2.09 bits per heavy atom. The fourth-order valence-corrected chi connectivity index (χ4v) is 3.91. The van der Waals surface area contributed by atoms with Crippen LogP contribution < -0.4 is 10.1 Å². The molecule has 0 radical (unpaired) electrons. The van der Waals surface area contributed by atoms with E-state index in [9.17, 15) is 4.79 Å². The van der Waals surface area contributed by atoms with E-state index in [0.717, 1.165) is 20.3 Å². The van der Waals surface area contributed by atoms with Gasteiger partial charge in [-0.15, -0.1) is 11.3 Å². The van der Waals surface area contributed by atoms with Crippen molar-refractivity contribution in [3.63, 3.8) is 0 Å². The molecule has 0 unspecified atom stereocenters. The zero-order chi connectivity index (χ0) is 15.7. The molecular formula is C16H11BrClNO2S. The van der Waals surface area contributed by atoms with Gasteiger partial charge in [-0.05, 0) is 36.4 Å². The van der Waals surface area contributed by atoms with Gasteiger partial charge in [0.15, 0.2) is 0 Å². The number of carbonyl (C=O) groups excluding carboxylic acids is 1. The normalized spacial score (nSPS) is 10.7. The predicted octanol–water partition coefficient (Wildman–Crippen LogP) is 5.58. The number of ether oxygens (including phenoxy) is 1. The van der Waals surface area contributed by atoms with Gasteiger partial charge < -0.3 is 10.1 Å². The van der Waals surface area contributed by atoms with Crippen LogP contribution in [0.15, 0.2) is 46.9 Å². The summed E-state index contributed by atoms with van der Waals surface area (Å²) in [6.07, 6.45) is 0. The van der Waals surface area contributed by atoms with Gasteiger partial charge in [0.1, 0.15) is 10.6 Å². The van der Waals surface area contributed by atoms with Gasteiger partial charge in [0.25, 0.3) is 5.91 Å². The van der Waals surface area contributed by atoms with Crippen LogP contribution in [-0.4, -0.2) is 13.0 Å². The second-order valence-corrected chi connectivity index (χ2v) is 6.92. The van der Waals surface area contributed by atoms with E-state index < -0.39 is 0 Å². The molecule has 6 heteroatoms. The molecule has 0 spiro atoms. The van der Waals surface area contributed by atoms with Gasteiger partial charge in [-0.25, -0.2) is 0 Å². The lowest BCUT2D eigenvalue weighted by Crippen LogP contribution is -2.10. The summed E-state index contributed by atoms with van der Waals surface area (Å²) in [6, 6.07) is 13.0. The summed E-state index contributed by atoms with van der Waals surface area (Å²) in [5, 5.41) is 4.18. The fraction of sp³-hybridized carbons (Fsp3) is 0.0625. The van der Waals surface area contributed by atoms with Crippen molar-refractivity contribution in [3.05, 3.63) is 56.8 Å². The highest BCUT2D eigenvalue weighted by Crippen LogP contribution is 2.37. The van der Waals surface area contributed by atoms with E-state index in [1.807, 2.05) is 42.5 Å². The van der Waals surface area contributed by atoms with E-state index in [1.165, 1.54) is 11.3 Å². The van der Waals surface area contributed by atoms with Crippen LogP contribution in [0.4, 0.5) is 5.69 Å². The molecule has 2 aromatic carbocycles. The van der Waals surface area contributed by atoms with Crippen molar-refractivity contribution in [2.24, 2.45) is 0 Å². The topological polar surface area (TPSA) is 38.3 Å². The number of thiophene rings is 1. The number of rotatable bonds is 3. The lowest BCUT2D eigenvalue weighted by Gasteiger charge is -2.04. The van der Waals surface area contributed by atoms with Crippen molar-refractivity contribution in [1.82, 2.24) is 0 Å². The van der Waals surface area contributed by atoms with Gasteiger partial charge in [-0.3, -0.25) is 4.79 Å². The molecule has 0 saturated heterocycles. The van der Waals surface area contributed by atoms with E-state index in [1.54, 1.807) is 7.11 Å². The van der Waals surface area contributed by atoms with Crippen LogP contribution in [0.1, 0.15) is 9.67 Å². The number of nitrogens with one attached hydrogen (secondary N) is 1. The van der Waals surface area contributed by atoms with Crippen molar-refractivity contribution < 1.29 is 9.53 Å². The molecule has 0 aliphatic heterocycles. The van der Waals surface area contributed by atoms with Gasteiger partial charge >= 0.3 is 0 Å². The molecule has 1 aromatic heterocycles.